The molecule has 0 aromatic heterocycles. The highest BCUT2D eigenvalue weighted by molar-refractivity contribution is 5.85. The van der Waals surface area contributed by atoms with E-state index < -0.39 is 29.6 Å². The highest BCUT2D eigenvalue weighted by Crippen LogP contribution is 2.04. The molecule has 1 atom stereocenters. The van der Waals surface area contributed by atoms with E-state index >= 15 is 0 Å². The summed E-state index contributed by atoms with van der Waals surface area (Å²) in [5.74, 6) is -2.81. The van der Waals surface area contributed by atoms with Gasteiger partial charge in [-0.15, -0.1) is 0 Å². The van der Waals surface area contributed by atoms with Crippen LogP contribution in [0.5, 0.6) is 0 Å². The molecule has 0 bridgehead atoms. The van der Waals surface area contributed by atoms with Crippen LogP contribution in [0.25, 0.3) is 0 Å². The van der Waals surface area contributed by atoms with E-state index in [-0.39, 0.29) is 19.3 Å². The van der Waals surface area contributed by atoms with E-state index in [2.05, 4.69) is 5.32 Å². The van der Waals surface area contributed by atoms with E-state index in [4.69, 9.17) is 10.8 Å². The monoisotopic (exact) mass is 282 g/mol. The van der Waals surface area contributed by atoms with E-state index in [1.807, 2.05) is 0 Å². The van der Waals surface area contributed by atoms with E-state index in [1.54, 1.807) is 0 Å². The van der Waals surface area contributed by atoms with Crippen LogP contribution in [-0.4, -0.2) is 28.9 Å². The molecule has 20 heavy (non-hydrogen) atoms. The number of amides is 2. The van der Waals surface area contributed by atoms with Crippen molar-refractivity contribution in [1.82, 2.24) is 5.32 Å². The number of carbonyl (C=O) groups excluding carboxylic acids is 2. The second kappa shape index (κ2) is 7.22. The van der Waals surface area contributed by atoms with Gasteiger partial charge in [-0.25, -0.2) is 9.18 Å². The fourth-order valence-corrected chi connectivity index (χ4v) is 1.58. The minimum atomic E-state index is -1.24. The Morgan fingerprint density at radius 3 is 2.35 bits per heavy atom. The zero-order valence-corrected chi connectivity index (χ0v) is 10.6. The molecule has 0 heterocycles. The minimum absolute atomic E-state index is 0.0688. The summed E-state index contributed by atoms with van der Waals surface area (Å²) in [6, 6.07) is 4.13. The van der Waals surface area contributed by atoms with Crippen molar-refractivity contribution in [3.05, 3.63) is 35.6 Å². The number of nitrogens with two attached hydrogens (primary N) is 1. The summed E-state index contributed by atoms with van der Waals surface area (Å²) in [7, 11) is 0. The smallest absolute Gasteiger partial charge is 0.326 e. The topological polar surface area (TPSA) is 109 Å². The Hall–Kier alpha value is -2.44. The van der Waals surface area contributed by atoms with Crippen molar-refractivity contribution in [1.29, 1.82) is 0 Å². The van der Waals surface area contributed by atoms with Crippen molar-refractivity contribution in [3.63, 3.8) is 0 Å². The number of rotatable bonds is 7. The molecule has 0 aliphatic heterocycles. The van der Waals surface area contributed by atoms with Crippen molar-refractivity contribution >= 4 is 17.8 Å². The number of carboxylic acid groups (broad SMARTS) is 1. The first-order valence-electron chi connectivity index (χ1n) is 5.93. The molecule has 0 fully saturated rings. The number of halogens is 1. The lowest BCUT2D eigenvalue weighted by Gasteiger charge is -2.13. The number of hydrogen-bond donors (Lipinski definition) is 3. The number of carboxylic acids is 1. The van der Waals surface area contributed by atoms with Crippen LogP contribution in [0.15, 0.2) is 24.3 Å². The van der Waals surface area contributed by atoms with Gasteiger partial charge in [0.1, 0.15) is 11.9 Å². The number of primary amides is 1. The molecule has 0 aliphatic carbocycles. The highest BCUT2D eigenvalue weighted by atomic mass is 19.1. The lowest BCUT2D eigenvalue weighted by molar-refractivity contribution is -0.142. The van der Waals surface area contributed by atoms with E-state index in [1.165, 1.54) is 24.3 Å². The van der Waals surface area contributed by atoms with Gasteiger partial charge in [0.2, 0.25) is 11.8 Å². The van der Waals surface area contributed by atoms with E-state index in [9.17, 15) is 18.8 Å². The Labute approximate surface area is 114 Å². The molecular formula is C13H15FN2O4. The number of benzene rings is 1. The van der Waals surface area contributed by atoms with E-state index in [0.717, 1.165) is 0 Å². The van der Waals surface area contributed by atoms with Gasteiger partial charge in [-0.2, -0.15) is 0 Å². The largest absolute Gasteiger partial charge is 0.480 e. The standard InChI is InChI=1S/C13H15FN2O4/c14-9-3-1-8(2-4-9)7-12(18)16-10(13(19)20)5-6-11(15)17/h1-4,10H,5-7H2,(H2,15,17)(H,16,18)(H,19,20). The quantitative estimate of drug-likeness (QED) is 0.663. The van der Waals surface area contributed by atoms with Crippen LogP contribution < -0.4 is 11.1 Å². The normalized spacial score (nSPS) is 11.7. The molecule has 1 aromatic carbocycles. The Kier molecular flexibility index (Phi) is 5.64. The van der Waals surface area contributed by atoms with Crippen LogP contribution in [0, 0.1) is 5.82 Å². The predicted molar refractivity (Wildman–Crippen MR) is 68.1 cm³/mol. The van der Waals surface area contributed by atoms with Crippen molar-refractivity contribution in [2.45, 2.75) is 25.3 Å². The Balaban J connectivity index is 2.55. The maximum Gasteiger partial charge on any atom is 0.326 e. The summed E-state index contributed by atoms with van der Waals surface area (Å²) in [6.45, 7) is 0. The fourth-order valence-electron chi connectivity index (χ4n) is 1.58. The molecule has 0 aliphatic rings. The first-order chi connectivity index (χ1) is 9.38. The SMILES string of the molecule is NC(=O)CCC(NC(=O)Cc1ccc(F)cc1)C(=O)O. The maximum absolute atomic E-state index is 12.7. The van der Waals surface area contributed by atoms with Crippen LogP contribution in [0.1, 0.15) is 18.4 Å². The number of hydrogen-bond acceptors (Lipinski definition) is 3. The van der Waals surface area contributed by atoms with Crippen molar-refractivity contribution < 1.29 is 23.9 Å². The van der Waals surface area contributed by atoms with Gasteiger partial charge < -0.3 is 16.2 Å². The number of aliphatic carboxylic acids is 1. The maximum atomic E-state index is 12.7. The second-order valence-corrected chi connectivity index (χ2v) is 4.27. The van der Waals surface area contributed by atoms with Gasteiger partial charge in [0, 0.05) is 6.42 Å². The van der Waals surface area contributed by atoms with Crippen LogP contribution in [-0.2, 0) is 20.8 Å². The van der Waals surface area contributed by atoms with Gasteiger partial charge in [-0.1, -0.05) is 12.1 Å². The molecular weight excluding hydrogens is 267 g/mol. The van der Waals surface area contributed by atoms with Crippen LogP contribution >= 0.6 is 0 Å². The summed E-state index contributed by atoms with van der Waals surface area (Å²) in [5.41, 5.74) is 5.49. The summed E-state index contributed by atoms with van der Waals surface area (Å²) in [5, 5.41) is 11.2. The van der Waals surface area contributed by atoms with Gasteiger partial charge in [-0.05, 0) is 24.1 Å². The molecule has 0 radical (unpaired) electrons. The van der Waals surface area contributed by atoms with Crippen LogP contribution in [0.3, 0.4) is 0 Å². The van der Waals surface area contributed by atoms with Crippen LogP contribution in [0.2, 0.25) is 0 Å². The number of carbonyl (C=O) groups is 3. The highest BCUT2D eigenvalue weighted by Gasteiger charge is 2.20. The molecule has 108 valence electrons. The number of nitrogens with one attached hydrogen (secondary N) is 1. The first-order valence-corrected chi connectivity index (χ1v) is 5.93. The van der Waals surface area contributed by atoms with Crippen LogP contribution in [0.4, 0.5) is 4.39 Å². The lowest BCUT2D eigenvalue weighted by Crippen LogP contribution is -2.42. The molecule has 1 unspecified atom stereocenters. The van der Waals surface area contributed by atoms with Crippen molar-refractivity contribution in [2.24, 2.45) is 5.73 Å². The molecule has 1 rings (SSSR count). The summed E-state index contributed by atoms with van der Waals surface area (Å²) in [4.78, 5) is 33.2. The average Bonchev–Trinajstić information content (AvgIpc) is 2.36. The van der Waals surface area contributed by atoms with Gasteiger partial charge in [-0.3, -0.25) is 9.59 Å². The average molecular weight is 282 g/mol. The third kappa shape index (κ3) is 5.47. The molecule has 0 saturated carbocycles. The van der Waals surface area contributed by atoms with Gasteiger partial charge >= 0.3 is 5.97 Å². The van der Waals surface area contributed by atoms with Gasteiger partial charge in [0.25, 0.3) is 0 Å². The third-order valence-corrected chi connectivity index (χ3v) is 2.59. The van der Waals surface area contributed by atoms with Gasteiger partial charge in [0.15, 0.2) is 0 Å². The summed E-state index contributed by atoms with van der Waals surface area (Å²) in [6.07, 6.45) is -0.270. The summed E-state index contributed by atoms with van der Waals surface area (Å²) < 4.78 is 12.7. The van der Waals surface area contributed by atoms with Crippen molar-refractivity contribution in [3.8, 4) is 0 Å². The third-order valence-electron chi connectivity index (χ3n) is 2.59. The van der Waals surface area contributed by atoms with Gasteiger partial charge in [0.05, 0.1) is 6.42 Å². The molecule has 7 heteroatoms. The molecule has 2 amide bonds. The zero-order chi connectivity index (χ0) is 15.1. The predicted octanol–water partition coefficient (Wildman–Crippen LogP) is 0.203. The Morgan fingerprint density at radius 2 is 1.85 bits per heavy atom. The molecule has 4 N–H and O–H groups in total. The molecule has 6 nitrogen and oxygen atoms in total. The Morgan fingerprint density at radius 1 is 1.25 bits per heavy atom. The zero-order valence-electron chi connectivity index (χ0n) is 10.6. The van der Waals surface area contributed by atoms with Crippen molar-refractivity contribution in [2.75, 3.05) is 0 Å². The lowest BCUT2D eigenvalue weighted by atomic mass is 10.1. The fraction of sp³-hybridized carbons (Fsp3) is 0.308. The first kappa shape index (κ1) is 15.6. The second-order valence-electron chi connectivity index (χ2n) is 4.27. The van der Waals surface area contributed by atoms with E-state index in [0.29, 0.717) is 5.56 Å². The Bertz CT molecular complexity index is 502. The molecule has 0 saturated heterocycles. The minimum Gasteiger partial charge on any atom is -0.480 e. The molecule has 0 spiro atoms. The molecule has 1 aromatic rings. The summed E-state index contributed by atoms with van der Waals surface area (Å²) >= 11 is 0.